The van der Waals surface area contributed by atoms with Gasteiger partial charge in [0.1, 0.15) is 5.41 Å². The van der Waals surface area contributed by atoms with Crippen LogP contribution in [0, 0.1) is 26.2 Å². The molecule has 1 aromatic carbocycles. The van der Waals surface area contributed by atoms with E-state index in [1.165, 1.54) is 5.56 Å². The Kier molecular flexibility index (Phi) is 4.74. The second kappa shape index (κ2) is 6.23. The highest BCUT2D eigenvalue weighted by molar-refractivity contribution is 6.06. The van der Waals surface area contributed by atoms with E-state index in [2.05, 4.69) is 12.1 Å². The number of hydrogen-bond donors (Lipinski definition) is 1. The van der Waals surface area contributed by atoms with Gasteiger partial charge < -0.3 is 5.11 Å². The number of Topliss-reactive ketones (excluding diaryl/α,β-unsaturated/α-hetero) is 1. The molecule has 3 nitrogen and oxygen atoms in total. The Labute approximate surface area is 132 Å². The summed E-state index contributed by atoms with van der Waals surface area (Å²) in [6.45, 7) is 8.06. The van der Waals surface area contributed by atoms with E-state index in [4.69, 9.17) is 0 Å². The number of rotatable bonds is 5. The quantitative estimate of drug-likeness (QED) is 0.824. The van der Waals surface area contributed by atoms with Crippen LogP contribution in [0.1, 0.15) is 67.2 Å². The molecule has 0 aromatic heterocycles. The Morgan fingerprint density at radius 2 is 1.64 bits per heavy atom. The standard InChI is InChI=1S/C19H26O3/c1-5-15(16-13(3)10-12(2)11-14(16)4)17(20)19(18(21)22)8-6-7-9-19/h10-11,15H,5-9H2,1-4H3,(H,21,22). The van der Waals surface area contributed by atoms with Crippen LogP contribution in [-0.4, -0.2) is 16.9 Å². The SMILES string of the molecule is CCC(C(=O)C1(C(=O)O)CCCC1)c1c(C)cc(C)cc1C. The van der Waals surface area contributed by atoms with Gasteiger partial charge in [-0.25, -0.2) is 0 Å². The number of carbonyl (C=O) groups excluding carboxylic acids is 1. The third-order valence-corrected chi connectivity index (χ3v) is 5.15. The van der Waals surface area contributed by atoms with E-state index < -0.39 is 11.4 Å². The Bertz CT molecular complexity index is 572. The van der Waals surface area contributed by atoms with E-state index in [1.54, 1.807) is 0 Å². The van der Waals surface area contributed by atoms with Gasteiger partial charge in [-0.2, -0.15) is 0 Å². The van der Waals surface area contributed by atoms with Crippen molar-refractivity contribution in [1.82, 2.24) is 0 Å². The van der Waals surface area contributed by atoms with Crippen LogP contribution >= 0.6 is 0 Å². The van der Waals surface area contributed by atoms with Crippen LogP contribution < -0.4 is 0 Å². The average molecular weight is 302 g/mol. The molecule has 1 fully saturated rings. The van der Waals surface area contributed by atoms with Crippen molar-refractivity contribution in [3.63, 3.8) is 0 Å². The van der Waals surface area contributed by atoms with E-state index in [0.717, 1.165) is 29.5 Å². The highest BCUT2D eigenvalue weighted by atomic mass is 16.4. The number of ketones is 1. The molecule has 3 heteroatoms. The molecule has 0 saturated heterocycles. The molecule has 1 unspecified atom stereocenters. The second-order valence-corrected chi connectivity index (χ2v) is 6.73. The predicted molar refractivity (Wildman–Crippen MR) is 87.2 cm³/mol. The molecule has 1 aromatic rings. The van der Waals surface area contributed by atoms with Gasteiger partial charge in [0.2, 0.25) is 0 Å². The number of benzene rings is 1. The zero-order valence-corrected chi connectivity index (χ0v) is 14.0. The fraction of sp³-hybridized carbons (Fsp3) is 0.579. The molecule has 1 saturated carbocycles. The first kappa shape index (κ1) is 16.7. The summed E-state index contributed by atoms with van der Waals surface area (Å²) in [5.41, 5.74) is 3.23. The maximum absolute atomic E-state index is 13.1. The Hall–Kier alpha value is -1.64. The largest absolute Gasteiger partial charge is 0.480 e. The summed E-state index contributed by atoms with van der Waals surface area (Å²) in [5, 5.41) is 9.69. The van der Waals surface area contributed by atoms with Crippen molar-refractivity contribution in [2.75, 3.05) is 0 Å². The van der Waals surface area contributed by atoms with Crippen LogP contribution in [0.15, 0.2) is 12.1 Å². The monoisotopic (exact) mass is 302 g/mol. The van der Waals surface area contributed by atoms with E-state index in [9.17, 15) is 14.7 Å². The van der Waals surface area contributed by atoms with Crippen molar-refractivity contribution < 1.29 is 14.7 Å². The van der Waals surface area contributed by atoms with Crippen molar-refractivity contribution in [2.45, 2.75) is 65.7 Å². The van der Waals surface area contributed by atoms with E-state index >= 15 is 0 Å². The van der Waals surface area contributed by atoms with Crippen molar-refractivity contribution in [3.05, 3.63) is 34.4 Å². The Morgan fingerprint density at radius 3 is 2.05 bits per heavy atom. The summed E-state index contributed by atoms with van der Waals surface area (Å²) in [5.74, 6) is -1.33. The van der Waals surface area contributed by atoms with Gasteiger partial charge in [0.25, 0.3) is 0 Å². The molecule has 22 heavy (non-hydrogen) atoms. The molecule has 1 atom stereocenters. The van der Waals surface area contributed by atoms with E-state index in [-0.39, 0.29) is 11.7 Å². The second-order valence-electron chi connectivity index (χ2n) is 6.73. The number of aryl methyl sites for hydroxylation is 3. The van der Waals surface area contributed by atoms with Crippen molar-refractivity contribution in [3.8, 4) is 0 Å². The molecule has 0 spiro atoms. The molecule has 1 N–H and O–H groups in total. The minimum atomic E-state index is -1.16. The molecule has 120 valence electrons. The molecule has 2 rings (SSSR count). The smallest absolute Gasteiger partial charge is 0.317 e. The third-order valence-electron chi connectivity index (χ3n) is 5.15. The third kappa shape index (κ3) is 2.69. The first-order valence-electron chi connectivity index (χ1n) is 8.19. The molecular formula is C19H26O3. The Balaban J connectivity index is 2.48. The summed E-state index contributed by atoms with van der Waals surface area (Å²) >= 11 is 0. The predicted octanol–water partition coefficient (Wildman–Crippen LogP) is 4.32. The number of carboxylic acid groups (broad SMARTS) is 1. The number of hydrogen-bond acceptors (Lipinski definition) is 2. The molecule has 0 radical (unpaired) electrons. The number of carbonyl (C=O) groups is 2. The van der Waals surface area contributed by atoms with E-state index in [1.807, 2.05) is 27.7 Å². The maximum Gasteiger partial charge on any atom is 0.317 e. The van der Waals surface area contributed by atoms with Gasteiger partial charge in [-0.15, -0.1) is 0 Å². The molecule has 0 heterocycles. The van der Waals surface area contributed by atoms with Crippen LogP contribution in [0.5, 0.6) is 0 Å². The van der Waals surface area contributed by atoms with Gasteiger partial charge in [-0.1, -0.05) is 37.5 Å². The van der Waals surface area contributed by atoms with Crippen LogP contribution in [-0.2, 0) is 9.59 Å². The molecule has 1 aliphatic carbocycles. The van der Waals surface area contributed by atoms with Gasteiger partial charge in [0, 0.05) is 5.92 Å². The zero-order chi connectivity index (χ0) is 16.5. The maximum atomic E-state index is 13.1. The minimum absolute atomic E-state index is 0.0879. The van der Waals surface area contributed by atoms with E-state index in [0.29, 0.717) is 19.3 Å². The summed E-state index contributed by atoms with van der Waals surface area (Å²) in [6.07, 6.45) is 3.29. The lowest BCUT2D eigenvalue weighted by atomic mass is 9.72. The lowest BCUT2D eigenvalue weighted by Gasteiger charge is -2.29. The number of carboxylic acids is 1. The van der Waals surface area contributed by atoms with Gasteiger partial charge in [-0.3, -0.25) is 9.59 Å². The van der Waals surface area contributed by atoms with Gasteiger partial charge in [0.05, 0.1) is 0 Å². The lowest BCUT2D eigenvalue weighted by molar-refractivity contribution is -0.155. The van der Waals surface area contributed by atoms with Gasteiger partial charge in [0.15, 0.2) is 5.78 Å². The topological polar surface area (TPSA) is 54.4 Å². The minimum Gasteiger partial charge on any atom is -0.480 e. The van der Waals surface area contributed by atoms with Crippen molar-refractivity contribution >= 4 is 11.8 Å². The molecular weight excluding hydrogens is 276 g/mol. The van der Waals surface area contributed by atoms with Gasteiger partial charge >= 0.3 is 5.97 Å². The van der Waals surface area contributed by atoms with Crippen molar-refractivity contribution in [1.29, 1.82) is 0 Å². The normalized spacial score (nSPS) is 18.2. The molecule has 1 aliphatic rings. The lowest BCUT2D eigenvalue weighted by Crippen LogP contribution is -2.40. The fourth-order valence-electron chi connectivity index (χ4n) is 4.14. The van der Waals surface area contributed by atoms with Crippen LogP contribution in [0.3, 0.4) is 0 Å². The molecule has 0 aliphatic heterocycles. The first-order valence-corrected chi connectivity index (χ1v) is 8.19. The number of aliphatic carboxylic acids is 1. The van der Waals surface area contributed by atoms with Crippen LogP contribution in [0.4, 0.5) is 0 Å². The molecule has 0 amide bonds. The molecule has 0 bridgehead atoms. The Morgan fingerprint density at radius 1 is 1.14 bits per heavy atom. The summed E-state index contributed by atoms with van der Waals surface area (Å²) in [7, 11) is 0. The van der Waals surface area contributed by atoms with Crippen LogP contribution in [0.2, 0.25) is 0 Å². The van der Waals surface area contributed by atoms with Crippen LogP contribution in [0.25, 0.3) is 0 Å². The van der Waals surface area contributed by atoms with Crippen molar-refractivity contribution in [2.24, 2.45) is 5.41 Å². The highest BCUT2D eigenvalue weighted by Gasteiger charge is 2.50. The summed E-state index contributed by atoms with van der Waals surface area (Å²) < 4.78 is 0. The summed E-state index contributed by atoms with van der Waals surface area (Å²) in [6, 6.07) is 4.17. The van der Waals surface area contributed by atoms with Gasteiger partial charge in [-0.05, 0) is 56.7 Å². The zero-order valence-electron chi connectivity index (χ0n) is 14.0. The first-order chi connectivity index (χ1) is 10.3. The fourth-order valence-corrected chi connectivity index (χ4v) is 4.14. The highest BCUT2D eigenvalue weighted by Crippen LogP contribution is 2.44. The summed E-state index contributed by atoms with van der Waals surface area (Å²) in [4.78, 5) is 25.0. The average Bonchev–Trinajstić information content (AvgIpc) is 2.92.